The minimum atomic E-state index is -0.909. The first kappa shape index (κ1) is 22.6. The van der Waals surface area contributed by atoms with Gasteiger partial charge >= 0.3 is 0 Å². The van der Waals surface area contributed by atoms with Crippen molar-refractivity contribution < 1.29 is 18.8 Å². The lowest BCUT2D eigenvalue weighted by molar-refractivity contribution is -0.385. The summed E-state index contributed by atoms with van der Waals surface area (Å²) in [5.74, 6) is -1.47. The van der Waals surface area contributed by atoms with Crippen LogP contribution in [0.3, 0.4) is 0 Å². The van der Waals surface area contributed by atoms with Crippen LogP contribution in [0, 0.1) is 29.8 Å². The van der Waals surface area contributed by atoms with E-state index in [0.29, 0.717) is 11.3 Å². The van der Waals surface area contributed by atoms with E-state index in [1.54, 1.807) is 37.5 Å². The summed E-state index contributed by atoms with van der Waals surface area (Å²) in [6.07, 6.45) is 3.28. The molecule has 0 spiro atoms. The van der Waals surface area contributed by atoms with Gasteiger partial charge in [0.2, 0.25) is 5.88 Å². The highest BCUT2D eigenvalue weighted by atomic mass is 19.1. The molecule has 1 N–H and O–H groups in total. The van der Waals surface area contributed by atoms with E-state index in [-0.39, 0.29) is 23.9 Å². The maximum absolute atomic E-state index is 14.5. The number of non-ortho nitro benzene ring substituents is 1. The molecule has 2 aromatic carbocycles. The maximum Gasteiger partial charge on any atom is 0.272 e. The molecule has 4 rings (SSSR count). The first-order valence-corrected chi connectivity index (χ1v) is 10.3. The first-order valence-electron chi connectivity index (χ1n) is 10.3. The van der Waals surface area contributed by atoms with E-state index < -0.39 is 22.3 Å². The molecule has 9 nitrogen and oxygen atoms in total. The Morgan fingerprint density at radius 2 is 1.94 bits per heavy atom. The predicted molar refractivity (Wildman–Crippen MR) is 122 cm³/mol. The Balaban J connectivity index is 1.70. The van der Waals surface area contributed by atoms with Gasteiger partial charge in [0.15, 0.2) is 17.3 Å². The molecule has 0 atom stereocenters. The molecule has 4 aromatic rings. The molecule has 0 aliphatic rings. The van der Waals surface area contributed by atoms with Gasteiger partial charge in [0.25, 0.3) is 11.6 Å². The monoisotopic (exact) mass is 461 g/mol. The van der Waals surface area contributed by atoms with Crippen molar-refractivity contribution in [1.29, 1.82) is 0 Å². The highest BCUT2D eigenvalue weighted by Crippen LogP contribution is 2.33. The minimum absolute atomic E-state index is 0.0989. The van der Waals surface area contributed by atoms with E-state index in [2.05, 4.69) is 15.4 Å². The second kappa shape index (κ2) is 9.49. The van der Waals surface area contributed by atoms with E-state index in [9.17, 15) is 19.3 Å². The highest BCUT2D eigenvalue weighted by molar-refractivity contribution is 5.94. The zero-order valence-corrected chi connectivity index (χ0v) is 18.4. The predicted octanol–water partition coefficient (Wildman–Crippen LogP) is 4.65. The third-order valence-corrected chi connectivity index (χ3v) is 5.07. The number of aromatic nitrogens is 3. The van der Waals surface area contributed by atoms with Crippen molar-refractivity contribution in [2.45, 2.75) is 20.4 Å². The molecular formula is C24H20FN5O4. The number of amides is 1. The van der Waals surface area contributed by atoms with Crippen LogP contribution >= 0.6 is 0 Å². The van der Waals surface area contributed by atoms with Crippen molar-refractivity contribution in [2.24, 2.45) is 0 Å². The lowest BCUT2D eigenvalue weighted by Gasteiger charge is -2.11. The summed E-state index contributed by atoms with van der Waals surface area (Å²) in [5.41, 5.74) is 2.51. The molecule has 0 bridgehead atoms. The van der Waals surface area contributed by atoms with Crippen molar-refractivity contribution in [2.75, 3.05) is 0 Å². The van der Waals surface area contributed by atoms with E-state index in [1.807, 2.05) is 25.1 Å². The standard InChI is InChI=1S/C24H20FN5O4/c1-15-5-7-18(8-6-15)29-24(34-21-10-9-19(30(32)33)12-20(21)25)16(2)22(28-29)23(31)27-14-17-4-3-11-26-13-17/h3-13H,14H2,1-2H3,(H,27,31). The molecule has 34 heavy (non-hydrogen) atoms. The number of carbonyl (C=O) groups excluding carboxylic acids is 1. The Bertz CT molecular complexity index is 1350. The van der Waals surface area contributed by atoms with E-state index in [4.69, 9.17) is 4.74 Å². The fraction of sp³-hybridized carbons (Fsp3) is 0.125. The van der Waals surface area contributed by atoms with Crippen molar-refractivity contribution >= 4 is 11.6 Å². The van der Waals surface area contributed by atoms with Crippen LogP contribution < -0.4 is 10.1 Å². The quantitative estimate of drug-likeness (QED) is 0.317. The number of ether oxygens (including phenoxy) is 1. The minimum Gasteiger partial charge on any atom is -0.436 e. The Morgan fingerprint density at radius 3 is 2.59 bits per heavy atom. The van der Waals surface area contributed by atoms with E-state index >= 15 is 0 Å². The molecule has 2 aromatic heterocycles. The topological polar surface area (TPSA) is 112 Å². The Morgan fingerprint density at radius 1 is 1.18 bits per heavy atom. The number of hydrogen-bond acceptors (Lipinski definition) is 6. The van der Waals surface area contributed by atoms with Gasteiger partial charge in [-0.05, 0) is 43.7 Å². The first-order chi connectivity index (χ1) is 16.3. The van der Waals surface area contributed by atoms with Gasteiger partial charge in [0.05, 0.1) is 16.7 Å². The van der Waals surface area contributed by atoms with Crippen molar-refractivity contribution in [3.05, 3.63) is 105 Å². The van der Waals surface area contributed by atoms with Crippen LogP contribution in [-0.4, -0.2) is 25.6 Å². The van der Waals surface area contributed by atoms with Gasteiger partial charge in [-0.15, -0.1) is 0 Å². The average Bonchev–Trinajstić information content (AvgIpc) is 3.16. The highest BCUT2D eigenvalue weighted by Gasteiger charge is 2.24. The number of nitro groups is 1. The number of hydrogen-bond donors (Lipinski definition) is 1. The number of rotatable bonds is 7. The van der Waals surface area contributed by atoms with Crippen molar-refractivity contribution in [3.8, 4) is 17.3 Å². The van der Waals surface area contributed by atoms with Gasteiger partial charge in [-0.2, -0.15) is 9.78 Å². The van der Waals surface area contributed by atoms with Crippen molar-refractivity contribution in [1.82, 2.24) is 20.1 Å². The van der Waals surface area contributed by atoms with Gasteiger partial charge in [-0.3, -0.25) is 19.9 Å². The molecule has 1 amide bonds. The fourth-order valence-electron chi connectivity index (χ4n) is 3.24. The molecule has 0 unspecified atom stereocenters. The summed E-state index contributed by atoms with van der Waals surface area (Å²) in [6, 6.07) is 14.0. The molecular weight excluding hydrogens is 441 g/mol. The molecule has 0 aliphatic carbocycles. The lowest BCUT2D eigenvalue weighted by atomic mass is 10.2. The molecule has 10 heteroatoms. The Kier molecular flexibility index (Phi) is 6.30. The summed E-state index contributed by atoms with van der Waals surface area (Å²) >= 11 is 0. The lowest BCUT2D eigenvalue weighted by Crippen LogP contribution is -2.24. The molecule has 172 valence electrons. The van der Waals surface area contributed by atoms with E-state index in [0.717, 1.165) is 23.3 Å². The van der Waals surface area contributed by atoms with Crippen LogP contribution in [0.4, 0.5) is 10.1 Å². The van der Waals surface area contributed by atoms with Crippen LogP contribution in [0.5, 0.6) is 11.6 Å². The number of benzene rings is 2. The maximum atomic E-state index is 14.5. The van der Waals surface area contributed by atoms with Crippen LogP contribution in [0.25, 0.3) is 5.69 Å². The number of pyridine rings is 1. The Labute approximate surface area is 194 Å². The number of nitrogens with one attached hydrogen (secondary N) is 1. The summed E-state index contributed by atoms with van der Waals surface area (Å²) in [4.78, 5) is 27.2. The largest absolute Gasteiger partial charge is 0.436 e. The van der Waals surface area contributed by atoms with Gasteiger partial charge in [0.1, 0.15) is 0 Å². The molecule has 0 aliphatic heterocycles. The van der Waals surface area contributed by atoms with E-state index in [1.165, 1.54) is 10.7 Å². The third kappa shape index (κ3) is 4.75. The van der Waals surface area contributed by atoms with Gasteiger partial charge < -0.3 is 10.1 Å². The molecule has 2 heterocycles. The number of nitrogens with zero attached hydrogens (tertiary/aromatic N) is 4. The molecule has 0 radical (unpaired) electrons. The SMILES string of the molecule is Cc1ccc(-n2nc(C(=O)NCc3cccnc3)c(C)c2Oc2ccc([N+](=O)[O-])cc2F)cc1. The van der Waals surface area contributed by atoms with Crippen LogP contribution in [0.15, 0.2) is 67.0 Å². The summed E-state index contributed by atoms with van der Waals surface area (Å²) < 4.78 is 21.7. The number of halogens is 1. The van der Waals surface area contributed by atoms with Crippen molar-refractivity contribution in [3.63, 3.8) is 0 Å². The summed E-state index contributed by atoms with van der Waals surface area (Å²) in [5, 5.41) is 18.1. The zero-order valence-electron chi connectivity index (χ0n) is 18.4. The van der Waals surface area contributed by atoms with Gasteiger partial charge in [-0.1, -0.05) is 23.8 Å². The summed E-state index contributed by atoms with van der Waals surface area (Å²) in [6.45, 7) is 3.81. The van der Waals surface area contributed by atoms with Crippen LogP contribution in [-0.2, 0) is 6.54 Å². The second-order valence-corrected chi connectivity index (χ2v) is 7.54. The molecule has 0 fully saturated rings. The Hall–Kier alpha value is -4.60. The number of carbonyl (C=O) groups is 1. The molecule has 0 saturated heterocycles. The summed E-state index contributed by atoms with van der Waals surface area (Å²) in [7, 11) is 0. The smallest absolute Gasteiger partial charge is 0.272 e. The van der Waals surface area contributed by atoms with Crippen LogP contribution in [0.1, 0.15) is 27.2 Å². The second-order valence-electron chi connectivity index (χ2n) is 7.54. The number of nitro benzene ring substituents is 1. The number of aryl methyl sites for hydroxylation is 1. The average molecular weight is 461 g/mol. The van der Waals surface area contributed by atoms with Gasteiger partial charge in [-0.25, -0.2) is 4.39 Å². The molecule has 0 saturated carbocycles. The zero-order chi connectivity index (χ0) is 24.2. The normalized spacial score (nSPS) is 10.7. The third-order valence-electron chi connectivity index (χ3n) is 5.07. The van der Waals surface area contributed by atoms with Gasteiger partial charge in [0, 0.05) is 30.6 Å². The van der Waals surface area contributed by atoms with Crippen LogP contribution in [0.2, 0.25) is 0 Å². The fourth-order valence-corrected chi connectivity index (χ4v) is 3.24.